The van der Waals surface area contributed by atoms with Crippen LogP contribution in [0.1, 0.15) is 36.9 Å². The number of Topliss-reactive ketones (excluding diaryl/α,β-unsaturated/α-hetero) is 1. The van der Waals surface area contributed by atoms with Gasteiger partial charge in [0.1, 0.15) is 11.5 Å². The molecule has 1 unspecified atom stereocenters. The molecular formula is C23H26N2O5. The van der Waals surface area contributed by atoms with E-state index in [0.29, 0.717) is 23.5 Å². The molecule has 30 heavy (non-hydrogen) atoms. The minimum atomic E-state index is -0.733. The zero-order valence-electron chi connectivity index (χ0n) is 17.2. The van der Waals surface area contributed by atoms with Gasteiger partial charge in [0.15, 0.2) is 0 Å². The number of pyridine rings is 1. The van der Waals surface area contributed by atoms with Crippen molar-refractivity contribution < 1.29 is 24.2 Å². The fourth-order valence-electron chi connectivity index (χ4n) is 3.42. The molecule has 1 fully saturated rings. The molecule has 0 aliphatic carbocycles. The number of aliphatic hydroxyl groups excluding tert-OH is 1. The van der Waals surface area contributed by atoms with Gasteiger partial charge in [0, 0.05) is 31.6 Å². The molecule has 2 aromatic rings. The molecule has 0 radical (unpaired) electrons. The predicted octanol–water partition coefficient (Wildman–Crippen LogP) is 3.33. The van der Waals surface area contributed by atoms with Crippen LogP contribution in [0.15, 0.2) is 54.4 Å². The number of hydrogen-bond donors (Lipinski definition) is 1. The minimum Gasteiger partial charge on any atom is -0.507 e. The van der Waals surface area contributed by atoms with Crippen LogP contribution in [0.2, 0.25) is 0 Å². The van der Waals surface area contributed by atoms with Crippen LogP contribution in [0.25, 0.3) is 5.76 Å². The number of ether oxygens (including phenoxy) is 2. The van der Waals surface area contributed by atoms with Crippen LogP contribution in [0.4, 0.5) is 0 Å². The second kappa shape index (κ2) is 10.0. The normalized spacial score (nSPS) is 18.1. The van der Waals surface area contributed by atoms with Gasteiger partial charge < -0.3 is 19.5 Å². The molecule has 1 aliphatic rings. The molecule has 7 nitrogen and oxygen atoms in total. The first-order chi connectivity index (χ1) is 14.6. The molecule has 1 amide bonds. The summed E-state index contributed by atoms with van der Waals surface area (Å²) in [5.74, 6) is -0.951. The summed E-state index contributed by atoms with van der Waals surface area (Å²) in [6.45, 7) is 3.16. The number of carbonyl (C=O) groups excluding carboxylic acids is 2. The number of aromatic nitrogens is 1. The molecule has 1 aromatic carbocycles. The number of rotatable bonds is 9. The number of unbranched alkanes of at least 4 members (excludes halogenated alkanes) is 1. The number of ketones is 1. The summed E-state index contributed by atoms with van der Waals surface area (Å²) in [7, 11) is 1.53. The summed E-state index contributed by atoms with van der Waals surface area (Å²) >= 11 is 0. The number of carbonyl (C=O) groups is 2. The summed E-state index contributed by atoms with van der Waals surface area (Å²) in [4.78, 5) is 31.0. The van der Waals surface area contributed by atoms with Crippen molar-refractivity contribution in [3.05, 3.63) is 65.5 Å². The first-order valence-corrected chi connectivity index (χ1v) is 9.99. The summed E-state index contributed by atoms with van der Waals surface area (Å²) in [5, 5.41) is 10.9. The van der Waals surface area contributed by atoms with Gasteiger partial charge in [-0.15, -0.1) is 0 Å². The number of hydrogen-bond acceptors (Lipinski definition) is 6. The van der Waals surface area contributed by atoms with E-state index >= 15 is 0 Å². The fourth-order valence-corrected chi connectivity index (χ4v) is 3.42. The van der Waals surface area contributed by atoms with E-state index < -0.39 is 17.7 Å². The third-order valence-corrected chi connectivity index (χ3v) is 4.97. The topological polar surface area (TPSA) is 89.0 Å². The zero-order valence-corrected chi connectivity index (χ0v) is 17.2. The van der Waals surface area contributed by atoms with Crippen molar-refractivity contribution >= 4 is 17.4 Å². The van der Waals surface area contributed by atoms with Gasteiger partial charge in [-0.05, 0) is 36.2 Å². The summed E-state index contributed by atoms with van der Waals surface area (Å²) in [5.41, 5.74) is 1.16. The highest BCUT2D eigenvalue weighted by Crippen LogP contribution is 2.40. The molecule has 1 saturated heterocycles. The van der Waals surface area contributed by atoms with Gasteiger partial charge in [0.05, 0.1) is 24.8 Å². The number of aliphatic hydroxyl groups is 1. The zero-order chi connectivity index (χ0) is 21.5. The molecular weight excluding hydrogens is 384 g/mol. The van der Waals surface area contributed by atoms with Gasteiger partial charge in [0.2, 0.25) is 0 Å². The monoisotopic (exact) mass is 410 g/mol. The lowest BCUT2D eigenvalue weighted by Gasteiger charge is -2.25. The second-order valence-corrected chi connectivity index (χ2v) is 7.00. The van der Waals surface area contributed by atoms with Gasteiger partial charge in [-0.2, -0.15) is 0 Å². The highest BCUT2D eigenvalue weighted by atomic mass is 16.5. The lowest BCUT2D eigenvalue weighted by molar-refractivity contribution is -0.140. The van der Waals surface area contributed by atoms with Crippen LogP contribution in [0.5, 0.6) is 5.75 Å². The van der Waals surface area contributed by atoms with E-state index in [2.05, 4.69) is 11.9 Å². The van der Waals surface area contributed by atoms with Crippen molar-refractivity contribution in [2.45, 2.75) is 25.8 Å². The van der Waals surface area contributed by atoms with E-state index in [4.69, 9.17) is 9.47 Å². The number of benzene rings is 1. The molecule has 0 saturated carbocycles. The highest BCUT2D eigenvalue weighted by molar-refractivity contribution is 6.46. The van der Waals surface area contributed by atoms with Crippen molar-refractivity contribution in [1.82, 2.24) is 9.88 Å². The first-order valence-electron chi connectivity index (χ1n) is 9.99. The predicted molar refractivity (Wildman–Crippen MR) is 112 cm³/mol. The van der Waals surface area contributed by atoms with Crippen molar-refractivity contribution in [2.75, 3.05) is 26.9 Å². The Morgan fingerprint density at radius 2 is 1.93 bits per heavy atom. The van der Waals surface area contributed by atoms with Crippen molar-refractivity contribution in [1.29, 1.82) is 0 Å². The molecule has 1 aromatic heterocycles. The largest absolute Gasteiger partial charge is 0.507 e. The van der Waals surface area contributed by atoms with Crippen LogP contribution < -0.4 is 4.74 Å². The molecule has 0 bridgehead atoms. The van der Waals surface area contributed by atoms with Crippen LogP contribution in [-0.4, -0.2) is 53.5 Å². The van der Waals surface area contributed by atoms with Crippen LogP contribution in [0, 0.1) is 0 Å². The summed E-state index contributed by atoms with van der Waals surface area (Å²) in [6.07, 6.45) is 4.99. The summed E-state index contributed by atoms with van der Waals surface area (Å²) in [6, 6.07) is 9.75. The Kier molecular flexibility index (Phi) is 7.19. The van der Waals surface area contributed by atoms with Gasteiger partial charge in [0.25, 0.3) is 11.7 Å². The maximum Gasteiger partial charge on any atom is 0.295 e. The number of methoxy groups -OCH3 is 1. The number of likely N-dealkylation sites (tertiary alicyclic amines) is 1. The standard InChI is InChI=1S/C23H26N2O5/c1-3-4-13-30-18-7-5-6-17(15-18)20-19(21(26)16-8-10-24-11-9-16)22(27)23(28)25(20)12-14-29-2/h5-11,15,20,26H,3-4,12-14H2,1-2H3/b21-19+. The van der Waals surface area contributed by atoms with E-state index in [1.807, 2.05) is 24.3 Å². The van der Waals surface area contributed by atoms with Crippen molar-refractivity contribution in [3.8, 4) is 5.75 Å². The Labute approximate surface area is 175 Å². The smallest absolute Gasteiger partial charge is 0.295 e. The Morgan fingerprint density at radius 1 is 1.17 bits per heavy atom. The van der Waals surface area contributed by atoms with Gasteiger partial charge in [-0.3, -0.25) is 14.6 Å². The Morgan fingerprint density at radius 3 is 2.63 bits per heavy atom. The second-order valence-electron chi connectivity index (χ2n) is 7.00. The van der Waals surface area contributed by atoms with Crippen LogP contribution >= 0.6 is 0 Å². The highest BCUT2D eigenvalue weighted by Gasteiger charge is 2.45. The van der Waals surface area contributed by atoms with Gasteiger partial charge >= 0.3 is 0 Å². The molecule has 1 atom stereocenters. The average molecular weight is 410 g/mol. The van der Waals surface area contributed by atoms with Crippen molar-refractivity contribution in [3.63, 3.8) is 0 Å². The van der Waals surface area contributed by atoms with Gasteiger partial charge in [-0.1, -0.05) is 25.5 Å². The molecule has 7 heteroatoms. The third-order valence-electron chi connectivity index (χ3n) is 4.97. The third kappa shape index (κ3) is 4.52. The molecule has 158 valence electrons. The van der Waals surface area contributed by atoms with Crippen molar-refractivity contribution in [2.24, 2.45) is 0 Å². The van der Waals surface area contributed by atoms with E-state index in [1.165, 1.54) is 24.4 Å². The molecule has 1 aliphatic heterocycles. The quantitative estimate of drug-likeness (QED) is 0.295. The maximum atomic E-state index is 12.9. The van der Waals surface area contributed by atoms with E-state index in [1.54, 1.807) is 12.1 Å². The number of amides is 1. The number of nitrogens with zero attached hydrogens (tertiary/aromatic N) is 2. The van der Waals surface area contributed by atoms with E-state index in [9.17, 15) is 14.7 Å². The first kappa shape index (κ1) is 21.5. The van der Waals surface area contributed by atoms with Gasteiger partial charge in [-0.25, -0.2) is 0 Å². The Bertz CT molecular complexity index is 926. The minimum absolute atomic E-state index is 0.0491. The lowest BCUT2D eigenvalue weighted by Crippen LogP contribution is -2.32. The SMILES string of the molecule is CCCCOc1cccc(C2/C(=C(\O)c3ccncc3)C(=O)C(=O)N2CCOC)c1. The Balaban J connectivity index is 2.06. The molecule has 1 N–H and O–H groups in total. The average Bonchev–Trinajstić information content (AvgIpc) is 3.03. The maximum absolute atomic E-state index is 12.9. The lowest BCUT2D eigenvalue weighted by atomic mass is 9.95. The summed E-state index contributed by atoms with van der Waals surface area (Å²) < 4.78 is 10.9. The van der Waals surface area contributed by atoms with E-state index in [-0.39, 0.29) is 24.5 Å². The molecule has 0 spiro atoms. The fraction of sp³-hybridized carbons (Fsp3) is 0.348. The van der Waals surface area contributed by atoms with Crippen LogP contribution in [-0.2, 0) is 14.3 Å². The van der Waals surface area contributed by atoms with E-state index in [0.717, 1.165) is 12.8 Å². The Hall–Kier alpha value is -3.19. The molecule has 2 heterocycles. The van der Waals surface area contributed by atoms with Crippen LogP contribution in [0.3, 0.4) is 0 Å². The molecule has 3 rings (SSSR count).